The first-order valence-corrected chi connectivity index (χ1v) is 20.7. The predicted molar refractivity (Wildman–Crippen MR) is 209 cm³/mol. The van der Waals surface area contributed by atoms with E-state index in [1.165, 1.54) is 4.90 Å². The van der Waals surface area contributed by atoms with Crippen molar-refractivity contribution in [1.29, 1.82) is 0 Å². The molecular formula is C43H58N2O7S. The first-order valence-electron chi connectivity index (χ1n) is 19.7. The number of hydrogen-bond donors (Lipinski definition) is 2. The molecule has 6 rings (SSSR count). The van der Waals surface area contributed by atoms with Gasteiger partial charge in [-0.05, 0) is 92.7 Å². The number of ether oxygens (including phenoxy) is 3. The summed E-state index contributed by atoms with van der Waals surface area (Å²) in [6, 6.07) is 16.1. The van der Waals surface area contributed by atoms with Crippen molar-refractivity contribution in [3.05, 3.63) is 78.4 Å². The molecule has 0 aromatic heterocycles. The minimum absolute atomic E-state index is 0.0256. The van der Waals surface area contributed by atoms with Gasteiger partial charge in [-0.3, -0.25) is 4.79 Å². The van der Waals surface area contributed by atoms with Crippen molar-refractivity contribution < 1.29 is 34.1 Å². The molecule has 0 radical (unpaired) electrons. The first kappa shape index (κ1) is 39.4. The van der Waals surface area contributed by atoms with Gasteiger partial charge in [0.05, 0.1) is 24.8 Å². The maximum atomic E-state index is 14.2. The minimum atomic E-state index is -1.20. The number of thioether (sulfide) groups is 1. The quantitative estimate of drug-likeness (QED) is 0.0578. The monoisotopic (exact) mass is 746 g/mol. The smallest absolute Gasteiger partial charge is 0.239 e. The minimum Gasteiger partial charge on any atom is -0.493 e. The molecule has 2 saturated carbocycles. The van der Waals surface area contributed by atoms with E-state index in [0.29, 0.717) is 19.6 Å². The van der Waals surface area contributed by atoms with E-state index >= 15 is 0 Å². The summed E-state index contributed by atoms with van der Waals surface area (Å²) in [5.74, 6) is 1.32. The summed E-state index contributed by atoms with van der Waals surface area (Å²) in [5, 5.41) is 24.3. The average Bonchev–Trinajstić information content (AvgIpc) is 4.03. The fraction of sp³-hybridized carbons (Fsp3) is 0.581. The molecule has 3 aliphatic carbocycles. The second-order valence-corrected chi connectivity index (χ2v) is 15.9. The largest absolute Gasteiger partial charge is 0.493 e. The molecule has 2 N–H and O–H groups in total. The van der Waals surface area contributed by atoms with Crippen LogP contribution in [0.25, 0.3) is 0 Å². The molecule has 9 nitrogen and oxygen atoms in total. The highest BCUT2D eigenvalue weighted by molar-refractivity contribution is 7.99. The molecule has 6 atom stereocenters. The SMILES string of the molecule is C=CCO[C@@]12Oc3ccc(OCCSc4ccccc4)cc3[C@H]3[C@H](CCCCO)[C@@H](CCCCO)C=C(C(=NOC)C[C@@H]1N(CCC)C(=O)C1CC1)[C@H]32. The number of carbonyl (C=O) groups excluding carboxylic acids is 1. The molecule has 288 valence electrons. The van der Waals surface area contributed by atoms with Gasteiger partial charge in [-0.25, -0.2) is 0 Å². The van der Waals surface area contributed by atoms with Crippen LogP contribution in [0.1, 0.15) is 82.6 Å². The van der Waals surface area contributed by atoms with Crippen molar-refractivity contribution in [2.24, 2.45) is 28.8 Å². The summed E-state index contributed by atoms with van der Waals surface area (Å²) in [6.07, 6.45) is 12.2. The van der Waals surface area contributed by atoms with Crippen LogP contribution >= 0.6 is 11.8 Å². The zero-order valence-corrected chi connectivity index (χ0v) is 32.3. The molecule has 1 heterocycles. The van der Waals surface area contributed by atoms with E-state index in [9.17, 15) is 15.0 Å². The molecule has 1 amide bonds. The van der Waals surface area contributed by atoms with Gasteiger partial charge in [-0.15, -0.1) is 18.3 Å². The zero-order chi connectivity index (χ0) is 37.2. The number of aliphatic hydroxyl groups is 2. The third-order valence-corrected chi connectivity index (χ3v) is 12.2. The number of benzene rings is 2. The maximum absolute atomic E-state index is 14.2. The molecule has 10 heteroatoms. The second kappa shape index (κ2) is 18.8. The topological polar surface area (TPSA) is 110 Å². The molecule has 0 spiro atoms. The number of fused-ring (bicyclic) bond motifs is 2. The van der Waals surface area contributed by atoms with Gasteiger partial charge in [0.1, 0.15) is 24.7 Å². The fourth-order valence-corrected chi connectivity index (χ4v) is 9.66. The van der Waals surface area contributed by atoms with Gasteiger partial charge in [0.2, 0.25) is 11.7 Å². The molecular weight excluding hydrogens is 689 g/mol. The van der Waals surface area contributed by atoms with Crippen molar-refractivity contribution in [3.63, 3.8) is 0 Å². The highest BCUT2D eigenvalue weighted by Crippen LogP contribution is 2.62. The lowest BCUT2D eigenvalue weighted by molar-refractivity contribution is -0.257. The number of amides is 1. The normalized spacial score (nSPS) is 26.5. The van der Waals surface area contributed by atoms with Crippen LogP contribution in [0.5, 0.6) is 11.5 Å². The maximum Gasteiger partial charge on any atom is 0.239 e. The van der Waals surface area contributed by atoms with Crippen LogP contribution in [0.2, 0.25) is 0 Å². The van der Waals surface area contributed by atoms with E-state index in [-0.39, 0.29) is 55.3 Å². The van der Waals surface area contributed by atoms with Crippen LogP contribution in [-0.2, 0) is 14.4 Å². The lowest BCUT2D eigenvalue weighted by Crippen LogP contribution is -2.70. The van der Waals surface area contributed by atoms with Crippen LogP contribution < -0.4 is 9.47 Å². The van der Waals surface area contributed by atoms with Crippen molar-refractivity contribution >= 4 is 23.4 Å². The fourth-order valence-electron chi connectivity index (χ4n) is 8.91. The molecule has 0 unspecified atom stereocenters. The number of hydrogen-bond acceptors (Lipinski definition) is 9. The van der Waals surface area contributed by atoms with E-state index in [0.717, 1.165) is 91.9 Å². The number of nitrogens with zero attached hydrogens (tertiary/aromatic N) is 2. The Kier molecular flexibility index (Phi) is 14.0. The van der Waals surface area contributed by atoms with Crippen molar-refractivity contribution in [1.82, 2.24) is 4.90 Å². The Morgan fingerprint density at radius 1 is 1.09 bits per heavy atom. The molecule has 0 saturated heterocycles. The van der Waals surface area contributed by atoms with Crippen LogP contribution in [0.4, 0.5) is 0 Å². The summed E-state index contributed by atoms with van der Waals surface area (Å²) in [7, 11) is 1.58. The van der Waals surface area contributed by atoms with E-state index in [4.69, 9.17) is 19.0 Å². The summed E-state index contributed by atoms with van der Waals surface area (Å²) in [6.45, 7) is 7.83. The van der Waals surface area contributed by atoms with Crippen LogP contribution in [0.3, 0.4) is 0 Å². The lowest BCUT2D eigenvalue weighted by atomic mass is 9.55. The molecule has 1 aliphatic heterocycles. The highest BCUT2D eigenvalue weighted by atomic mass is 32.2. The van der Waals surface area contributed by atoms with Crippen molar-refractivity contribution in [2.75, 3.05) is 45.8 Å². The Bertz CT molecular complexity index is 1580. The summed E-state index contributed by atoms with van der Waals surface area (Å²) < 4.78 is 20.7. The molecule has 2 aromatic carbocycles. The van der Waals surface area contributed by atoms with E-state index < -0.39 is 11.8 Å². The Morgan fingerprint density at radius 2 is 1.87 bits per heavy atom. The third-order valence-electron chi connectivity index (χ3n) is 11.3. The van der Waals surface area contributed by atoms with Crippen LogP contribution in [-0.4, -0.2) is 84.4 Å². The van der Waals surface area contributed by atoms with Gasteiger partial charge in [-0.2, -0.15) is 0 Å². The summed E-state index contributed by atoms with van der Waals surface area (Å²) >= 11 is 1.77. The number of oxime groups is 1. The predicted octanol–water partition coefficient (Wildman–Crippen LogP) is 7.77. The van der Waals surface area contributed by atoms with Crippen molar-refractivity contribution in [3.8, 4) is 11.5 Å². The number of unbranched alkanes of at least 4 members (excludes halogenated alkanes) is 2. The third kappa shape index (κ3) is 8.82. The first-order chi connectivity index (χ1) is 26.0. The van der Waals surface area contributed by atoms with Crippen molar-refractivity contribution in [2.45, 2.75) is 93.8 Å². The number of allylic oxidation sites excluding steroid dienone is 1. The standard InChI is InChI=1S/C43H58N2O7S/c1-4-21-45(42(48)30-17-18-30)39-29-37(44-49-3)35-27-31(13-9-11-22-46)34(16-10-12-23-47)40-36-28-32(50-25-26-53-33-14-7-6-8-15-33)19-20-38(36)52-43(39,41(35)40)51-24-5-2/h5-8,14-15,19-20,27-28,30-31,34,39-41,46-47H,2,4,9-13,16-18,21-26,29H2,1,3H3/t31-,34+,39-,40+,41+,43+/m0/s1. The van der Waals surface area contributed by atoms with Crippen LogP contribution in [0, 0.1) is 23.7 Å². The van der Waals surface area contributed by atoms with Gasteiger partial charge >= 0.3 is 0 Å². The number of carbonyl (C=O) groups is 1. The second-order valence-electron chi connectivity index (χ2n) is 14.8. The Balaban J connectivity index is 1.47. The van der Waals surface area contributed by atoms with Crippen LogP contribution in [0.15, 0.2) is 82.9 Å². The van der Waals surface area contributed by atoms with Gasteiger partial charge in [-0.1, -0.05) is 55.3 Å². The van der Waals surface area contributed by atoms with E-state index in [1.54, 1.807) is 24.9 Å². The molecule has 53 heavy (non-hydrogen) atoms. The molecule has 0 bridgehead atoms. The average molecular weight is 747 g/mol. The van der Waals surface area contributed by atoms with E-state index in [1.807, 2.05) is 35.2 Å². The Morgan fingerprint density at radius 3 is 2.57 bits per heavy atom. The van der Waals surface area contributed by atoms with Gasteiger partial charge < -0.3 is 34.2 Å². The van der Waals surface area contributed by atoms with Gasteiger partial charge in [0.15, 0.2) is 0 Å². The Hall–Kier alpha value is -3.31. The molecule has 2 fully saturated rings. The summed E-state index contributed by atoms with van der Waals surface area (Å²) in [4.78, 5) is 23.0. The lowest BCUT2D eigenvalue weighted by Gasteiger charge is -2.60. The molecule has 4 aliphatic rings. The molecule has 2 aromatic rings. The number of aliphatic hydroxyl groups excluding tert-OH is 2. The summed E-state index contributed by atoms with van der Waals surface area (Å²) in [5.41, 5.74) is 2.95. The number of rotatable bonds is 21. The zero-order valence-electron chi connectivity index (χ0n) is 31.5. The van der Waals surface area contributed by atoms with Gasteiger partial charge in [0, 0.05) is 54.2 Å². The highest BCUT2D eigenvalue weighted by Gasteiger charge is 2.65. The Labute approximate surface area is 319 Å². The van der Waals surface area contributed by atoms with Gasteiger partial charge in [0.25, 0.3) is 0 Å². The van der Waals surface area contributed by atoms with E-state index in [2.05, 4.69) is 42.9 Å².